The maximum Gasteiger partial charge on any atom is 0.287 e. The molecule has 5 heteroatoms. The molecule has 0 saturated carbocycles. The highest BCUT2D eigenvalue weighted by Crippen LogP contribution is 2.23. The zero-order valence-electron chi connectivity index (χ0n) is 15.7. The van der Waals surface area contributed by atoms with E-state index in [-0.39, 0.29) is 5.56 Å². The highest BCUT2D eigenvalue weighted by Gasteiger charge is 2.10. The Hall–Kier alpha value is -2.53. The summed E-state index contributed by atoms with van der Waals surface area (Å²) in [6.07, 6.45) is 6.29. The molecule has 3 aromatic rings. The van der Waals surface area contributed by atoms with E-state index in [4.69, 9.17) is 4.74 Å². The lowest BCUT2D eigenvalue weighted by Crippen LogP contribution is -2.20. The van der Waals surface area contributed by atoms with Crippen molar-refractivity contribution in [1.82, 2.24) is 9.55 Å². The van der Waals surface area contributed by atoms with Crippen LogP contribution in [0.3, 0.4) is 0 Å². The number of ether oxygens (including phenoxy) is 1. The molecule has 0 radical (unpaired) electrons. The van der Waals surface area contributed by atoms with Gasteiger partial charge in [-0.2, -0.15) is 0 Å². The maximum absolute atomic E-state index is 12.9. The van der Waals surface area contributed by atoms with Crippen LogP contribution in [0.2, 0.25) is 0 Å². The van der Waals surface area contributed by atoms with E-state index in [9.17, 15) is 4.79 Å². The number of hydrogen-bond acceptors (Lipinski definition) is 4. The van der Waals surface area contributed by atoms with E-state index in [0.717, 1.165) is 42.0 Å². The molecule has 140 valence electrons. The minimum Gasteiger partial charge on any atom is -0.496 e. The molecule has 0 aliphatic carbocycles. The van der Waals surface area contributed by atoms with Crippen LogP contribution in [-0.4, -0.2) is 22.4 Å². The van der Waals surface area contributed by atoms with Crippen LogP contribution < -0.4 is 10.3 Å². The van der Waals surface area contributed by atoms with Gasteiger partial charge in [-0.1, -0.05) is 49.7 Å². The molecule has 0 atom stereocenters. The Morgan fingerprint density at radius 1 is 1.11 bits per heavy atom. The Bertz CT molecular complexity index is 939. The normalized spacial score (nSPS) is 10.7. The summed E-state index contributed by atoms with van der Waals surface area (Å²) in [4.78, 5) is 17.1. The maximum atomic E-state index is 12.9. The Morgan fingerprint density at radius 2 is 1.93 bits per heavy atom. The van der Waals surface area contributed by atoms with Gasteiger partial charge in [0.25, 0.3) is 5.56 Å². The molecule has 0 bridgehead atoms. The monoisotopic (exact) mass is 380 g/mol. The fourth-order valence-electron chi connectivity index (χ4n) is 2.97. The van der Waals surface area contributed by atoms with Gasteiger partial charge >= 0.3 is 0 Å². The highest BCUT2D eigenvalue weighted by atomic mass is 32.2. The quantitative estimate of drug-likeness (QED) is 0.539. The largest absolute Gasteiger partial charge is 0.496 e. The molecular weight excluding hydrogens is 356 g/mol. The molecule has 0 aliphatic rings. The predicted octanol–water partition coefficient (Wildman–Crippen LogP) is 4.53. The fourth-order valence-corrected chi connectivity index (χ4v) is 3.85. The lowest BCUT2D eigenvalue weighted by atomic mass is 10.1. The van der Waals surface area contributed by atoms with Gasteiger partial charge < -0.3 is 4.74 Å². The number of hydrogen-bond donors (Lipinski definition) is 0. The molecule has 0 fully saturated rings. The minimum absolute atomic E-state index is 0.0964. The van der Waals surface area contributed by atoms with Crippen LogP contribution in [0, 0.1) is 0 Å². The van der Waals surface area contributed by atoms with E-state index in [2.05, 4.69) is 24.0 Å². The average Bonchev–Trinajstić information content (AvgIpc) is 2.71. The van der Waals surface area contributed by atoms with E-state index in [1.165, 1.54) is 17.3 Å². The van der Waals surface area contributed by atoms with Crippen molar-refractivity contribution in [3.63, 3.8) is 0 Å². The summed E-state index contributed by atoms with van der Waals surface area (Å²) in [5.74, 6) is 1.63. The summed E-state index contributed by atoms with van der Waals surface area (Å²) >= 11 is 1.50. The van der Waals surface area contributed by atoms with Crippen LogP contribution in [0.25, 0.3) is 5.69 Å². The molecule has 0 unspecified atom stereocenters. The molecule has 0 N–H and O–H groups in total. The molecule has 1 aromatic heterocycles. The van der Waals surface area contributed by atoms with Gasteiger partial charge in [-0.3, -0.25) is 9.36 Å². The summed E-state index contributed by atoms with van der Waals surface area (Å²) in [6.45, 7) is 2.14. The predicted molar refractivity (Wildman–Crippen MR) is 111 cm³/mol. The third-order valence-electron chi connectivity index (χ3n) is 4.35. The lowest BCUT2D eigenvalue weighted by Gasteiger charge is -2.12. The van der Waals surface area contributed by atoms with Gasteiger partial charge in [-0.15, -0.1) is 11.8 Å². The van der Waals surface area contributed by atoms with Gasteiger partial charge in [0.05, 0.1) is 12.8 Å². The van der Waals surface area contributed by atoms with Gasteiger partial charge in [0.1, 0.15) is 5.75 Å². The van der Waals surface area contributed by atoms with Crippen molar-refractivity contribution in [3.05, 3.63) is 82.4 Å². The van der Waals surface area contributed by atoms with Crippen molar-refractivity contribution in [2.24, 2.45) is 0 Å². The topological polar surface area (TPSA) is 44.1 Å². The van der Waals surface area contributed by atoms with Crippen LogP contribution in [-0.2, 0) is 12.8 Å². The summed E-state index contributed by atoms with van der Waals surface area (Å²) in [6, 6.07) is 16.2. The van der Waals surface area contributed by atoms with E-state index in [1.807, 2.05) is 36.4 Å². The first-order valence-electron chi connectivity index (χ1n) is 9.14. The second-order valence-electron chi connectivity index (χ2n) is 6.24. The van der Waals surface area contributed by atoms with Gasteiger partial charge in [0, 0.05) is 24.2 Å². The summed E-state index contributed by atoms with van der Waals surface area (Å²) in [7, 11) is 1.67. The van der Waals surface area contributed by atoms with E-state index < -0.39 is 0 Å². The van der Waals surface area contributed by atoms with Crippen molar-refractivity contribution in [2.45, 2.75) is 31.2 Å². The summed E-state index contributed by atoms with van der Waals surface area (Å²) in [5, 5.41) is 0.519. The number of nitrogens with zero attached hydrogens (tertiary/aromatic N) is 2. The van der Waals surface area contributed by atoms with Crippen molar-refractivity contribution in [1.29, 1.82) is 0 Å². The molecule has 27 heavy (non-hydrogen) atoms. The molecule has 0 aliphatic heterocycles. The third kappa shape index (κ3) is 4.80. The first kappa shape index (κ1) is 19.2. The Labute approximate surface area is 164 Å². The fraction of sp³-hybridized carbons (Fsp3) is 0.273. The van der Waals surface area contributed by atoms with Crippen LogP contribution in [0.4, 0.5) is 0 Å². The van der Waals surface area contributed by atoms with Gasteiger partial charge in [-0.05, 0) is 30.0 Å². The molecule has 2 aromatic carbocycles. The van der Waals surface area contributed by atoms with Gasteiger partial charge in [0.15, 0.2) is 5.03 Å². The SMILES string of the molecule is CCCc1ccc(-n2ccnc(SCCc3ccccc3)c2=O)cc1OC. The number of aromatic nitrogens is 2. The summed E-state index contributed by atoms with van der Waals surface area (Å²) < 4.78 is 7.14. The molecule has 0 saturated heterocycles. The van der Waals surface area contributed by atoms with E-state index in [1.54, 1.807) is 24.1 Å². The lowest BCUT2D eigenvalue weighted by molar-refractivity contribution is 0.409. The van der Waals surface area contributed by atoms with E-state index in [0.29, 0.717) is 5.03 Å². The molecule has 1 heterocycles. The molecular formula is C22H24N2O2S. The number of rotatable bonds is 8. The van der Waals surface area contributed by atoms with Gasteiger partial charge in [-0.25, -0.2) is 4.98 Å². The molecule has 0 amide bonds. The van der Waals surface area contributed by atoms with Gasteiger partial charge in [0.2, 0.25) is 0 Å². The first-order chi connectivity index (χ1) is 13.2. The number of aryl methyl sites for hydroxylation is 2. The van der Waals surface area contributed by atoms with Crippen LogP contribution >= 0.6 is 11.8 Å². The van der Waals surface area contributed by atoms with E-state index >= 15 is 0 Å². The Morgan fingerprint density at radius 3 is 2.67 bits per heavy atom. The van der Waals surface area contributed by atoms with Crippen molar-refractivity contribution in [3.8, 4) is 11.4 Å². The summed E-state index contributed by atoms with van der Waals surface area (Å²) in [5.41, 5.74) is 3.12. The molecule has 0 spiro atoms. The zero-order chi connectivity index (χ0) is 19.1. The molecule has 3 rings (SSSR count). The first-order valence-corrected chi connectivity index (χ1v) is 10.1. The Balaban J connectivity index is 1.79. The zero-order valence-corrected chi connectivity index (χ0v) is 16.5. The number of benzene rings is 2. The smallest absolute Gasteiger partial charge is 0.287 e. The van der Waals surface area contributed by atoms with Crippen molar-refractivity contribution >= 4 is 11.8 Å². The standard InChI is InChI=1S/C22H24N2O2S/c1-3-7-18-10-11-19(16-20(18)26-2)24-14-13-23-21(22(24)25)27-15-12-17-8-5-4-6-9-17/h4-6,8-11,13-14,16H,3,7,12,15H2,1-2H3. The van der Waals surface area contributed by atoms with Crippen LogP contribution in [0.5, 0.6) is 5.75 Å². The number of thioether (sulfide) groups is 1. The van der Waals surface area contributed by atoms with Crippen LogP contribution in [0.15, 0.2) is 70.7 Å². The molecule has 4 nitrogen and oxygen atoms in total. The van der Waals surface area contributed by atoms with Crippen molar-refractivity contribution < 1.29 is 4.74 Å². The Kier molecular flexibility index (Phi) is 6.71. The third-order valence-corrected chi connectivity index (χ3v) is 5.31. The number of methoxy groups -OCH3 is 1. The second kappa shape index (κ2) is 9.42. The average molecular weight is 381 g/mol. The second-order valence-corrected chi connectivity index (χ2v) is 7.32. The highest BCUT2D eigenvalue weighted by molar-refractivity contribution is 7.99. The van der Waals surface area contributed by atoms with Crippen molar-refractivity contribution in [2.75, 3.05) is 12.9 Å². The minimum atomic E-state index is -0.0964. The van der Waals surface area contributed by atoms with Crippen LogP contribution in [0.1, 0.15) is 24.5 Å².